The third-order valence-electron chi connectivity index (χ3n) is 5.12. The lowest BCUT2D eigenvalue weighted by Crippen LogP contribution is -2.34. The molecule has 1 aliphatic heterocycles. The molecule has 0 bridgehead atoms. The zero-order valence-corrected chi connectivity index (χ0v) is 17.5. The van der Waals surface area contributed by atoms with Crippen LogP contribution in [0.3, 0.4) is 0 Å². The highest BCUT2D eigenvalue weighted by molar-refractivity contribution is 7.12. The van der Waals surface area contributed by atoms with Gasteiger partial charge < -0.3 is 10.1 Å². The van der Waals surface area contributed by atoms with Crippen LogP contribution in [-0.2, 0) is 6.42 Å². The summed E-state index contributed by atoms with van der Waals surface area (Å²) in [5, 5.41) is 4.57. The van der Waals surface area contributed by atoms with Crippen LogP contribution in [0.15, 0.2) is 53.9 Å². The van der Waals surface area contributed by atoms with Crippen molar-refractivity contribution in [3.05, 3.63) is 75.5 Å². The maximum Gasteiger partial charge on any atom is 0.252 e. The lowest BCUT2D eigenvalue weighted by Gasteiger charge is -2.11. The Morgan fingerprint density at radius 1 is 1.07 bits per heavy atom. The maximum atomic E-state index is 12.3. The topological polar surface area (TPSA) is 72.5 Å². The van der Waals surface area contributed by atoms with Gasteiger partial charge in [0.05, 0.1) is 17.0 Å². The molecule has 4 rings (SSSR count). The van der Waals surface area contributed by atoms with E-state index in [4.69, 9.17) is 4.74 Å². The van der Waals surface area contributed by atoms with E-state index in [1.807, 2.05) is 36.4 Å². The fourth-order valence-electron chi connectivity index (χ4n) is 3.59. The number of amides is 1. The molecule has 6 heteroatoms. The Labute approximate surface area is 178 Å². The molecule has 1 amide bonds. The third-order valence-corrected chi connectivity index (χ3v) is 6.15. The van der Waals surface area contributed by atoms with Crippen LogP contribution in [0.25, 0.3) is 11.1 Å². The number of Topliss-reactive ketones (excluding diaryl/α,β-unsaturated/α-hetero) is 2. The van der Waals surface area contributed by atoms with Crippen LogP contribution in [0.2, 0.25) is 0 Å². The van der Waals surface area contributed by atoms with Gasteiger partial charge in [-0.05, 0) is 48.7 Å². The summed E-state index contributed by atoms with van der Waals surface area (Å²) in [6, 6.07) is 15.1. The minimum Gasteiger partial charge on any atom is -0.488 e. The zero-order valence-electron chi connectivity index (χ0n) is 16.7. The van der Waals surface area contributed by atoms with E-state index < -0.39 is 0 Å². The summed E-state index contributed by atoms with van der Waals surface area (Å²) >= 11 is 1.27. The van der Waals surface area contributed by atoms with Crippen molar-refractivity contribution in [2.75, 3.05) is 6.54 Å². The largest absolute Gasteiger partial charge is 0.488 e. The summed E-state index contributed by atoms with van der Waals surface area (Å²) in [5.74, 6) is 0.571. The fourth-order valence-corrected chi connectivity index (χ4v) is 4.38. The van der Waals surface area contributed by atoms with Crippen LogP contribution in [0, 0.1) is 0 Å². The summed E-state index contributed by atoms with van der Waals surface area (Å²) in [6.07, 6.45) is 0.516. The average molecular weight is 420 g/mol. The zero-order chi connectivity index (χ0) is 21.3. The fraction of sp³-hybridized carbons (Fsp3) is 0.208. The minimum atomic E-state index is -0.214. The molecule has 0 spiro atoms. The van der Waals surface area contributed by atoms with Gasteiger partial charge in [-0.3, -0.25) is 14.4 Å². The number of thiophene rings is 1. The first-order valence-electron chi connectivity index (χ1n) is 9.70. The Balaban J connectivity index is 1.43. The Kier molecular flexibility index (Phi) is 5.50. The Morgan fingerprint density at radius 2 is 1.87 bits per heavy atom. The van der Waals surface area contributed by atoms with E-state index in [2.05, 4.69) is 11.4 Å². The van der Waals surface area contributed by atoms with E-state index in [1.54, 1.807) is 18.4 Å². The van der Waals surface area contributed by atoms with E-state index in [9.17, 15) is 14.4 Å². The SMILES string of the molecule is CC(=O)c1cc(C(=O)NC[C@@H]2Cc3cc(-c4ccccc4C(C)=O)ccc3O2)cs1. The van der Waals surface area contributed by atoms with Gasteiger partial charge in [0.15, 0.2) is 11.6 Å². The van der Waals surface area contributed by atoms with E-state index >= 15 is 0 Å². The molecule has 0 saturated carbocycles. The molecule has 30 heavy (non-hydrogen) atoms. The molecule has 5 nitrogen and oxygen atoms in total. The molecule has 1 aromatic heterocycles. The molecule has 3 aromatic rings. The van der Waals surface area contributed by atoms with Gasteiger partial charge in [0.25, 0.3) is 5.91 Å². The van der Waals surface area contributed by atoms with Crippen LogP contribution in [-0.4, -0.2) is 30.1 Å². The summed E-state index contributed by atoms with van der Waals surface area (Å²) in [6.45, 7) is 3.43. The van der Waals surface area contributed by atoms with Crippen LogP contribution < -0.4 is 10.1 Å². The van der Waals surface area contributed by atoms with Crippen molar-refractivity contribution in [1.29, 1.82) is 0 Å². The van der Waals surface area contributed by atoms with E-state index in [-0.39, 0.29) is 23.6 Å². The molecular weight excluding hydrogens is 398 g/mol. The summed E-state index contributed by atoms with van der Waals surface area (Å²) in [5.41, 5.74) is 4.12. The van der Waals surface area contributed by atoms with Gasteiger partial charge in [-0.25, -0.2) is 0 Å². The van der Waals surface area contributed by atoms with Gasteiger partial charge >= 0.3 is 0 Å². The van der Waals surface area contributed by atoms with Crippen molar-refractivity contribution in [2.24, 2.45) is 0 Å². The molecule has 1 atom stereocenters. The molecule has 2 aromatic carbocycles. The Morgan fingerprint density at radius 3 is 2.60 bits per heavy atom. The van der Waals surface area contributed by atoms with Crippen molar-refractivity contribution in [1.82, 2.24) is 5.32 Å². The molecule has 0 aliphatic carbocycles. The summed E-state index contributed by atoms with van der Waals surface area (Å²) in [7, 11) is 0. The van der Waals surface area contributed by atoms with Crippen molar-refractivity contribution in [3.63, 3.8) is 0 Å². The van der Waals surface area contributed by atoms with Crippen molar-refractivity contribution >= 4 is 28.8 Å². The standard InChI is InChI=1S/C24H21NO4S/c1-14(26)20-5-3-4-6-21(20)16-7-8-22-17(9-16)10-19(29-22)12-25-24(28)18-11-23(15(2)27)30-13-18/h3-9,11,13,19H,10,12H2,1-2H3,(H,25,28)/t19-/m0/s1. The molecule has 0 fully saturated rings. The average Bonchev–Trinajstić information content (AvgIpc) is 3.38. The van der Waals surface area contributed by atoms with Gasteiger partial charge in [0.2, 0.25) is 0 Å². The monoisotopic (exact) mass is 419 g/mol. The van der Waals surface area contributed by atoms with Crippen LogP contribution in [0.4, 0.5) is 0 Å². The number of carbonyl (C=O) groups is 3. The summed E-state index contributed by atoms with van der Waals surface area (Å²) < 4.78 is 5.97. The first-order chi connectivity index (χ1) is 14.4. The van der Waals surface area contributed by atoms with E-state index in [0.29, 0.717) is 29.0 Å². The van der Waals surface area contributed by atoms with Gasteiger partial charge in [-0.15, -0.1) is 11.3 Å². The van der Waals surface area contributed by atoms with Crippen LogP contribution in [0.5, 0.6) is 5.75 Å². The predicted octanol–water partition coefficient (Wildman–Crippen LogP) is 4.55. The maximum absolute atomic E-state index is 12.3. The number of hydrogen-bond acceptors (Lipinski definition) is 5. The van der Waals surface area contributed by atoms with Crippen molar-refractivity contribution in [3.8, 4) is 16.9 Å². The Hall–Kier alpha value is -3.25. The number of ether oxygens (including phenoxy) is 1. The molecular formula is C24H21NO4S. The highest BCUT2D eigenvalue weighted by Gasteiger charge is 2.24. The molecule has 152 valence electrons. The minimum absolute atomic E-state index is 0.0318. The normalized spacial score (nSPS) is 14.7. The number of nitrogens with one attached hydrogen (secondary N) is 1. The summed E-state index contributed by atoms with van der Waals surface area (Å²) in [4.78, 5) is 36.3. The quantitative estimate of drug-likeness (QED) is 0.595. The van der Waals surface area contributed by atoms with Crippen molar-refractivity contribution < 1.29 is 19.1 Å². The number of fused-ring (bicyclic) bond motifs is 1. The molecule has 0 unspecified atom stereocenters. The number of benzene rings is 2. The number of rotatable bonds is 6. The van der Waals surface area contributed by atoms with Gasteiger partial charge in [0, 0.05) is 17.4 Å². The highest BCUT2D eigenvalue weighted by atomic mass is 32.1. The van der Waals surface area contributed by atoms with Gasteiger partial charge in [-0.1, -0.05) is 30.3 Å². The van der Waals surface area contributed by atoms with Crippen LogP contribution in [0.1, 0.15) is 49.8 Å². The second-order valence-electron chi connectivity index (χ2n) is 7.33. The number of carbonyl (C=O) groups excluding carboxylic acids is 3. The Bertz CT molecular complexity index is 1150. The molecule has 0 saturated heterocycles. The lowest BCUT2D eigenvalue weighted by molar-refractivity contribution is 0.0933. The predicted molar refractivity (Wildman–Crippen MR) is 117 cm³/mol. The highest BCUT2D eigenvalue weighted by Crippen LogP contribution is 2.34. The number of hydrogen-bond donors (Lipinski definition) is 1. The van der Waals surface area contributed by atoms with Gasteiger partial charge in [0.1, 0.15) is 11.9 Å². The second-order valence-corrected chi connectivity index (χ2v) is 8.25. The first kappa shape index (κ1) is 20.0. The lowest BCUT2D eigenvalue weighted by atomic mass is 9.95. The molecule has 1 N–H and O–H groups in total. The molecule has 2 heterocycles. The second kappa shape index (κ2) is 8.24. The van der Waals surface area contributed by atoms with Gasteiger partial charge in [-0.2, -0.15) is 0 Å². The van der Waals surface area contributed by atoms with E-state index in [1.165, 1.54) is 18.3 Å². The van der Waals surface area contributed by atoms with Crippen LogP contribution >= 0.6 is 11.3 Å². The third kappa shape index (κ3) is 4.04. The van der Waals surface area contributed by atoms with E-state index in [0.717, 1.165) is 22.4 Å². The smallest absolute Gasteiger partial charge is 0.252 e. The molecule has 0 radical (unpaired) electrons. The first-order valence-corrected chi connectivity index (χ1v) is 10.6. The van der Waals surface area contributed by atoms with Crippen molar-refractivity contribution in [2.45, 2.75) is 26.4 Å². The molecule has 1 aliphatic rings. The number of ketones is 2.